The summed E-state index contributed by atoms with van der Waals surface area (Å²) in [6.07, 6.45) is 6.00. The second kappa shape index (κ2) is 9.47. The van der Waals surface area contributed by atoms with E-state index in [1.54, 1.807) is 0 Å². The van der Waals surface area contributed by atoms with Gasteiger partial charge in [-0.25, -0.2) is 0 Å². The first-order valence-corrected chi connectivity index (χ1v) is 6.08. The lowest BCUT2D eigenvalue weighted by atomic mass is 10.0. The van der Waals surface area contributed by atoms with E-state index in [1.807, 2.05) is 0 Å². The van der Waals surface area contributed by atoms with Crippen molar-refractivity contribution in [2.75, 3.05) is 13.2 Å². The second-order valence-corrected chi connectivity index (χ2v) is 4.28. The summed E-state index contributed by atoms with van der Waals surface area (Å²) in [7, 11) is 0. The minimum atomic E-state index is 0.278. The molecule has 0 aliphatic heterocycles. The van der Waals surface area contributed by atoms with Crippen molar-refractivity contribution >= 4 is 0 Å². The Labute approximate surface area is 89.1 Å². The van der Waals surface area contributed by atoms with Crippen LogP contribution in [0.5, 0.6) is 0 Å². The molecule has 0 aliphatic carbocycles. The SMILES string of the molecule is CCCCC(CO)NCCC(C)CC. The monoisotopic (exact) mass is 201 g/mol. The van der Waals surface area contributed by atoms with Crippen molar-refractivity contribution in [3.8, 4) is 0 Å². The molecule has 14 heavy (non-hydrogen) atoms. The van der Waals surface area contributed by atoms with Crippen molar-refractivity contribution in [1.29, 1.82) is 0 Å². The highest BCUT2D eigenvalue weighted by Gasteiger charge is 2.06. The van der Waals surface area contributed by atoms with Crippen molar-refractivity contribution < 1.29 is 5.11 Å². The third kappa shape index (κ3) is 7.34. The van der Waals surface area contributed by atoms with Crippen LogP contribution in [0.3, 0.4) is 0 Å². The molecule has 0 fully saturated rings. The molecule has 0 rings (SSSR count). The summed E-state index contributed by atoms with van der Waals surface area (Å²) in [5.74, 6) is 0.799. The summed E-state index contributed by atoms with van der Waals surface area (Å²) in [4.78, 5) is 0. The topological polar surface area (TPSA) is 32.3 Å². The Hall–Kier alpha value is -0.0800. The number of nitrogens with one attached hydrogen (secondary N) is 1. The van der Waals surface area contributed by atoms with Gasteiger partial charge in [0.1, 0.15) is 0 Å². The van der Waals surface area contributed by atoms with E-state index in [-0.39, 0.29) is 6.61 Å². The van der Waals surface area contributed by atoms with Gasteiger partial charge in [-0.15, -0.1) is 0 Å². The predicted molar refractivity (Wildman–Crippen MR) is 62.5 cm³/mol. The fraction of sp³-hybridized carbons (Fsp3) is 1.00. The smallest absolute Gasteiger partial charge is 0.0584 e. The zero-order chi connectivity index (χ0) is 10.8. The van der Waals surface area contributed by atoms with E-state index in [2.05, 4.69) is 26.1 Å². The molecule has 0 amide bonds. The van der Waals surface area contributed by atoms with Crippen LogP contribution < -0.4 is 5.32 Å². The Kier molecular flexibility index (Phi) is 9.42. The summed E-state index contributed by atoms with van der Waals surface area (Å²) < 4.78 is 0. The van der Waals surface area contributed by atoms with E-state index in [0.29, 0.717) is 6.04 Å². The van der Waals surface area contributed by atoms with Crippen molar-refractivity contribution in [1.82, 2.24) is 5.32 Å². The molecule has 0 bridgehead atoms. The molecule has 0 aromatic carbocycles. The van der Waals surface area contributed by atoms with Gasteiger partial charge in [-0.05, 0) is 25.3 Å². The van der Waals surface area contributed by atoms with E-state index < -0.39 is 0 Å². The average molecular weight is 201 g/mol. The first kappa shape index (κ1) is 13.9. The summed E-state index contributed by atoms with van der Waals surface area (Å²) >= 11 is 0. The van der Waals surface area contributed by atoms with Crippen LogP contribution in [0, 0.1) is 5.92 Å². The third-order valence-electron chi connectivity index (χ3n) is 2.89. The largest absolute Gasteiger partial charge is 0.395 e. The molecule has 0 aliphatic rings. The lowest BCUT2D eigenvalue weighted by molar-refractivity contribution is 0.231. The number of unbranched alkanes of at least 4 members (excludes halogenated alkanes) is 1. The van der Waals surface area contributed by atoms with Crippen LogP contribution in [0.25, 0.3) is 0 Å². The van der Waals surface area contributed by atoms with Crippen LogP contribution in [0.1, 0.15) is 52.9 Å². The molecule has 86 valence electrons. The lowest BCUT2D eigenvalue weighted by Crippen LogP contribution is -2.33. The normalized spacial score (nSPS) is 15.4. The highest BCUT2D eigenvalue weighted by Crippen LogP contribution is 2.05. The van der Waals surface area contributed by atoms with Crippen LogP contribution in [0.2, 0.25) is 0 Å². The second-order valence-electron chi connectivity index (χ2n) is 4.28. The lowest BCUT2D eigenvalue weighted by Gasteiger charge is -2.17. The maximum absolute atomic E-state index is 9.11. The Bertz CT molecular complexity index is 117. The van der Waals surface area contributed by atoms with Crippen LogP contribution in [-0.4, -0.2) is 24.3 Å². The summed E-state index contributed by atoms with van der Waals surface area (Å²) in [5, 5.41) is 12.5. The molecule has 2 N–H and O–H groups in total. The maximum atomic E-state index is 9.11. The Morgan fingerprint density at radius 3 is 2.43 bits per heavy atom. The number of hydrogen-bond acceptors (Lipinski definition) is 2. The van der Waals surface area contributed by atoms with Crippen LogP contribution in [0.15, 0.2) is 0 Å². The van der Waals surface area contributed by atoms with Gasteiger partial charge < -0.3 is 10.4 Å². The first-order valence-electron chi connectivity index (χ1n) is 6.08. The average Bonchev–Trinajstić information content (AvgIpc) is 2.22. The maximum Gasteiger partial charge on any atom is 0.0584 e. The van der Waals surface area contributed by atoms with E-state index in [4.69, 9.17) is 5.11 Å². The molecular weight excluding hydrogens is 174 g/mol. The summed E-state index contributed by atoms with van der Waals surface area (Å²) in [6.45, 7) is 8.02. The number of hydrogen-bond donors (Lipinski definition) is 2. The highest BCUT2D eigenvalue weighted by atomic mass is 16.3. The van der Waals surface area contributed by atoms with Gasteiger partial charge in [0.25, 0.3) is 0 Å². The van der Waals surface area contributed by atoms with E-state index in [9.17, 15) is 0 Å². The molecule has 2 atom stereocenters. The van der Waals surface area contributed by atoms with Gasteiger partial charge in [-0.3, -0.25) is 0 Å². The van der Waals surface area contributed by atoms with Crippen LogP contribution in [0.4, 0.5) is 0 Å². The minimum absolute atomic E-state index is 0.278. The van der Waals surface area contributed by atoms with Gasteiger partial charge in [0, 0.05) is 6.04 Å². The molecule has 0 saturated carbocycles. The molecule has 0 radical (unpaired) electrons. The molecule has 0 aromatic rings. The Morgan fingerprint density at radius 2 is 1.93 bits per heavy atom. The number of rotatable bonds is 9. The van der Waals surface area contributed by atoms with E-state index in [0.717, 1.165) is 18.9 Å². The van der Waals surface area contributed by atoms with Crippen molar-refractivity contribution in [2.45, 2.75) is 58.9 Å². The van der Waals surface area contributed by atoms with Gasteiger partial charge >= 0.3 is 0 Å². The molecule has 2 unspecified atom stereocenters. The van der Waals surface area contributed by atoms with Gasteiger partial charge in [-0.2, -0.15) is 0 Å². The Morgan fingerprint density at radius 1 is 1.21 bits per heavy atom. The van der Waals surface area contributed by atoms with E-state index >= 15 is 0 Å². The standard InChI is InChI=1S/C12H27NO/c1-4-6-7-12(10-14)13-9-8-11(3)5-2/h11-14H,4-10H2,1-3H3. The molecule has 0 aromatic heterocycles. The summed E-state index contributed by atoms with van der Waals surface area (Å²) in [6, 6.07) is 0.319. The van der Waals surface area contributed by atoms with Crippen molar-refractivity contribution in [3.05, 3.63) is 0 Å². The van der Waals surface area contributed by atoms with Gasteiger partial charge in [0.05, 0.1) is 6.61 Å². The zero-order valence-electron chi connectivity index (χ0n) is 10.1. The van der Waals surface area contributed by atoms with Gasteiger partial charge in [-0.1, -0.05) is 40.0 Å². The third-order valence-corrected chi connectivity index (χ3v) is 2.89. The van der Waals surface area contributed by atoms with Crippen molar-refractivity contribution in [3.63, 3.8) is 0 Å². The molecule has 0 spiro atoms. The fourth-order valence-electron chi connectivity index (χ4n) is 1.45. The zero-order valence-corrected chi connectivity index (χ0v) is 10.1. The molecule has 0 saturated heterocycles. The fourth-order valence-corrected chi connectivity index (χ4v) is 1.45. The number of aliphatic hydroxyl groups excluding tert-OH is 1. The van der Waals surface area contributed by atoms with Gasteiger partial charge in [0.2, 0.25) is 0 Å². The Balaban J connectivity index is 3.42. The quantitative estimate of drug-likeness (QED) is 0.601. The predicted octanol–water partition coefficient (Wildman–Crippen LogP) is 2.56. The number of aliphatic hydroxyl groups is 1. The van der Waals surface area contributed by atoms with Crippen molar-refractivity contribution in [2.24, 2.45) is 5.92 Å². The van der Waals surface area contributed by atoms with E-state index in [1.165, 1.54) is 25.7 Å². The first-order chi connectivity index (χ1) is 6.74. The summed E-state index contributed by atoms with van der Waals surface area (Å²) in [5.41, 5.74) is 0. The van der Waals surface area contributed by atoms with Gasteiger partial charge in [0.15, 0.2) is 0 Å². The molecule has 2 heteroatoms. The highest BCUT2D eigenvalue weighted by molar-refractivity contribution is 4.65. The van der Waals surface area contributed by atoms with Crippen LogP contribution in [-0.2, 0) is 0 Å². The molecule has 0 heterocycles. The van der Waals surface area contributed by atoms with Crippen LogP contribution >= 0.6 is 0 Å². The molecule has 2 nitrogen and oxygen atoms in total. The molecular formula is C12H27NO. The minimum Gasteiger partial charge on any atom is -0.395 e.